The summed E-state index contributed by atoms with van der Waals surface area (Å²) in [5.41, 5.74) is 2.99. The zero-order valence-electron chi connectivity index (χ0n) is 12.4. The van der Waals surface area contributed by atoms with E-state index in [1.165, 1.54) is 56.3 Å². The van der Waals surface area contributed by atoms with Gasteiger partial charge in [-0.25, -0.2) is 0 Å². The van der Waals surface area contributed by atoms with Crippen LogP contribution >= 0.6 is 11.6 Å². The number of nitrogens with zero attached hydrogens (tertiary/aromatic N) is 1. The third kappa shape index (κ3) is 2.88. The number of hydrogen-bond acceptors (Lipinski definition) is 2. The molecular weight excluding hydrogens is 268 g/mol. The number of rotatable bonds is 4. The molecular formula is C17H25ClN2. The van der Waals surface area contributed by atoms with E-state index in [2.05, 4.69) is 35.3 Å². The summed E-state index contributed by atoms with van der Waals surface area (Å²) >= 11 is 6.14. The molecule has 2 nitrogen and oxygen atoms in total. The second-order valence-corrected chi connectivity index (χ2v) is 6.57. The maximum Gasteiger partial charge on any atom is 0.0408 e. The molecule has 1 fully saturated rings. The van der Waals surface area contributed by atoms with Gasteiger partial charge >= 0.3 is 0 Å². The lowest BCUT2D eigenvalue weighted by Gasteiger charge is -2.39. The Morgan fingerprint density at radius 2 is 2.25 bits per heavy atom. The summed E-state index contributed by atoms with van der Waals surface area (Å²) in [6, 6.07) is 7.79. The molecule has 110 valence electrons. The minimum Gasteiger partial charge on any atom is -0.315 e. The van der Waals surface area contributed by atoms with Gasteiger partial charge in [0.2, 0.25) is 0 Å². The molecule has 0 bridgehead atoms. The average Bonchev–Trinajstić information content (AvgIpc) is 2.88. The third-order valence-electron chi connectivity index (χ3n) is 4.77. The summed E-state index contributed by atoms with van der Waals surface area (Å²) < 4.78 is 0. The molecule has 1 aliphatic heterocycles. The van der Waals surface area contributed by atoms with Crippen molar-refractivity contribution in [3.8, 4) is 0 Å². The highest BCUT2D eigenvalue weighted by Gasteiger charge is 2.32. The number of halogens is 1. The second kappa shape index (κ2) is 6.46. The minimum absolute atomic E-state index is 0.604. The summed E-state index contributed by atoms with van der Waals surface area (Å²) in [6.07, 6.45) is 6.32. The summed E-state index contributed by atoms with van der Waals surface area (Å²) in [5, 5.41) is 4.45. The van der Waals surface area contributed by atoms with Crippen molar-refractivity contribution in [2.75, 3.05) is 19.6 Å². The Hall–Kier alpha value is -0.570. The zero-order chi connectivity index (χ0) is 13.9. The van der Waals surface area contributed by atoms with Gasteiger partial charge in [-0.15, -0.1) is 0 Å². The molecule has 1 aromatic rings. The van der Waals surface area contributed by atoms with E-state index < -0.39 is 0 Å². The molecule has 0 aromatic heterocycles. The summed E-state index contributed by atoms with van der Waals surface area (Å²) in [6.45, 7) is 5.84. The van der Waals surface area contributed by atoms with Crippen molar-refractivity contribution in [1.29, 1.82) is 0 Å². The predicted molar refractivity (Wildman–Crippen MR) is 85.4 cm³/mol. The Kier molecular flexibility index (Phi) is 4.65. The fourth-order valence-electron chi connectivity index (χ4n) is 3.88. The van der Waals surface area contributed by atoms with Crippen LogP contribution in [0.2, 0.25) is 5.02 Å². The Morgan fingerprint density at radius 1 is 1.35 bits per heavy atom. The first-order chi connectivity index (χ1) is 9.79. The average molecular weight is 293 g/mol. The molecule has 0 saturated carbocycles. The number of piperidine rings is 1. The molecule has 1 aromatic carbocycles. The van der Waals surface area contributed by atoms with Gasteiger partial charge in [0, 0.05) is 23.7 Å². The Labute approximate surface area is 127 Å². The molecule has 0 amide bonds. The molecule has 1 saturated heterocycles. The highest BCUT2D eigenvalue weighted by atomic mass is 35.5. The van der Waals surface area contributed by atoms with Crippen molar-refractivity contribution < 1.29 is 0 Å². The molecule has 3 rings (SSSR count). The Balaban J connectivity index is 1.82. The van der Waals surface area contributed by atoms with Crippen LogP contribution in [-0.4, -0.2) is 30.6 Å². The molecule has 0 spiro atoms. The highest BCUT2D eigenvalue weighted by molar-refractivity contribution is 6.30. The summed E-state index contributed by atoms with van der Waals surface area (Å²) in [7, 11) is 0. The largest absolute Gasteiger partial charge is 0.315 e. The highest BCUT2D eigenvalue weighted by Crippen LogP contribution is 2.38. The second-order valence-electron chi connectivity index (χ2n) is 6.14. The standard InChI is InChI=1S/C17H25ClN2/c1-2-10-20(15-4-3-9-19-12-15)17-8-5-13-11-14(18)6-7-16(13)17/h6-7,11,15,17,19H,2-5,8-10,12H2,1H3. The Morgan fingerprint density at radius 3 is 3.00 bits per heavy atom. The van der Waals surface area contributed by atoms with Crippen molar-refractivity contribution in [2.24, 2.45) is 0 Å². The molecule has 1 N–H and O–H groups in total. The van der Waals surface area contributed by atoms with Crippen LogP contribution in [0, 0.1) is 0 Å². The number of aryl methyl sites for hydroxylation is 1. The SMILES string of the molecule is CCCN(C1CCCNC1)C1CCc2cc(Cl)ccc21. The Bertz CT molecular complexity index is 454. The van der Waals surface area contributed by atoms with Crippen molar-refractivity contribution in [3.05, 3.63) is 34.3 Å². The fourth-order valence-corrected chi connectivity index (χ4v) is 4.07. The van der Waals surface area contributed by atoms with Gasteiger partial charge in [-0.1, -0.05) is 24.6 Å². The fraction of sp³-hybridized carbons (Fsp3) is 0.647. The van der Waals surface area contributed by atoms with Gasteiger partial charge in [0.1, 0.15) is 0 Å². The number of benzene rings is 1. The first-order valence-corrected chi connectivity index (χ1v) is 8.42. The van der Waals surface area contributed by atoms with Gasteiger partial charge in [-0.05, 0) is 68.5 Å². The predicted octanol–water partition coefficient (Wildman–Crippen LogP) is 3.79. The summed E-state index contributed by atoms with van der Waals surface area (Å²) in [4.78, 5) is 2.76. The maximum atomic E-state index is 6.14. The smallest absolute Gasteiger partial charge is 0.0408 e. The van der Waals surface area contributed by atoms with Crippen LogP contribution in [0.25, 0.3) is 0 Å². The van der Waals surface area contributed by atoms with Crippen LogP contribution in [0.15, 0.2) is 18.2 Å². The van der Waals surface area contributed by atoms with E-state index in [0.717, 1.165) is 11.6 Å². The normalized spacial score (nSPS) is 25.9. The van der Waals surface area contributed by atoms with E-state index in [9.17, 15) is 0 Å². The van der Waals surface area contributed by atoms with E-state index >= 15 is 0 Å². The minimum atomic E-state index is 0.604. The summed E-state index contributed by atoms with van der Waals surface area (Å²) in [5.74, 6) is 0. The molecule has 2 unspecified atom stereocenters. The van der Waals surface area contributed by atoms with Gasteiger partial charge in [0.15, 0.2) is 0 Å². The zero-order valence-corrected chi connectivity index (χ0v) is 13.1. The van der Waals surface area contributed by atoms with Gasteiger partial charge in [-0.3, -0.25) is 4.90 Å². The van der Waals surface area contributed by atoms with Crippen LogP contribution < -0.4 is 5.32 Å². The van der Waals surface area contributed by atoms with E-state index in [-0.39, 0.29) is 0 Å². The first kappa shape index (κ1) is 14.4. The van der Waals surface area contributed by atoms with Crippen LogP contribution in [0.1, 0.15) is 49.8 Å². The number of hydrogen-bond donors (Lipinski definition) is 1. The van der Waals surface area contributed by atoms with E-state index in [0.29, 0.717) is 12.1 Å². The number of nitrogens with one attached hydrogen (secondary N) is 1. The van der Waals surface area contributed by atoms with Crippen LogP contribution in [-0.2, 0) is 6.42 Å². The van der Waals surface area contributed by atoms with Crippen molar-refractivity contribution in [2.45, 2.75) is 51.1 Å². The lowest BCUT2D eigenvalue weighted by Crippen LogP contribution is -2.47. The molecule has 3 heteroatoms. The third-order valence-corrected chi connectivity index (χ3v) is 5.01. The van der Waals surface area contributed by atoms with Crippen LogP contribution in [0.5, 0.6) is 0 Å². The van der Waals surface area contributed by atoms with Gasteiger partial charge in [0.05, 0.1) is 0 Å². The molecule has 20 heavy (non-hydrogen) atoms. The topological polar surface area (TPSA) is 15.3 Å². The maximum absolute atomic E-state index is 6.14. The van der Waals surface area contributed by atoms with E-state index in [4.69, 9.17) is 11.6 Å². The van der Waals surface area contributed by atoms with E-state index in [1.807, 2.05) is 0 Å². The van der Waals surface area contributed by atoms with Gasteiger partial charge < -0.3 is 5.32 Å². The molecule has 1 heterocycles. The van der Waals surface area contributed by atoms with Gasteiger partial charge in [-0.2, -0.15) is 0 Å². The number of fused-ring (bicyclic) bond motifs is 1. The van der Waals surface area contributed by atoms with Crippen molar-refractivity contribution in [1.82, 2.24) is 10.2 Å². The quantitative estimate of drug-likeness (QED) is 0.908. The lowest BCUT2D eigenvalue weighted by atomic mass is 10.00. The molecule has 2 aliphatic rings. The first-order valence-electron chi connectivity index (χ1n) is 8.04. The monoisotopic (exact) mass is 292 g/mol. The molecule has 0 radical (unpaired) electrons. The molecule has 1 aliphatic carbocycles. The van der Waals surface area contributed by atoms with Gasteiger partial charge in [0.25, 0.3) is 0 Å². The lowest BCUT2D eigenvalue weighted by molar-refractivity contribution is 0.111. The van der Waals surface area contributed by atoms with Crippen molar-refractivity contribution >= 4 is 11.6 Å². The van der Waals surface area contributed by atoms with Crippen LogP contribution in [0.4, 0.5) is 0 Å². The molecule has 2 atom stereocenters. The van der Waals surface area contributed by atoms with Crippen LogP contribution in [0.3, 0.4) is 0 Å². The van der Waals surface area contributed by atoms with E-state index in [1.54, 1.807) is 0 Å². The van der Waals surface area contributed by atoms with Crippen molar-refractivity contribution in [3.63, 3.8) is 0 Å².